The number of para-hydroxylation sites is 3. The monoisotopic (exact) mass is 615 g/mol. The minimum absolute atomic E-state index is 0.435. The van der Waals surface area contributed by atoms with Gasteiger partial charge in [-0.3, -0.25) is 0 Å². The number of nitrogens with zero attached hydrogens (tertiary/aromatic N) is 3. The van der Waals surface area contributed by atoms with E-state index in [2.05, 4.69) is 143 Å². The fraction of sp³-hybridized carbons (Fsp3) is 0.0682. The molecular formula is C44H29N3O. The Morgan fingerprint density at radius 2 is 1.38 bits per heavy atom. The van der Waals surface area contributed by atoms with Crippen LogP contribution in [-0.2, 0) is 0 Å². The van der Waals surface area contributed by atoms with Crippen molar-refractivity contribution < 1.29 is 4.42 Å². The number of hydrogen-bond acceptors (Lipinski definition) is 2. The highest BCUT2D eigenvalue weighted by Gasteiger charge is 2.24. The van der Waals surface area contributed by atoms with Gasteiger partial charge in [-0.15, -0.1) is 0 Å². The molecule has 0 aliphatic heterocycles. The summed E-state index contributed by atoms with van der Waals surface area (Å²) in [5.74, 6) is 0.435. The number of benzene rings is 6. The minimum Gasteiger partial charge on any atom is -0.456 e. The molecule has 48 heavy (non-hydrogen) atoms. The number of nitriles is 1. The molecule has 4 nitrogen and oxygen atoms in total. The average Bonchev–Trinajstić information content (AvgIpc) is 3.80. The lowest BCUT2D eigenvalue weighted by molar-refractivity contribution is 0.669. The van der Waals surface area contributed by atoms with Crippen molar-refractivity contribution in [1.82, 2.24) is 9.13 Å². The number of aromatic nitrogens is 2. The smallest absolute Gasteiger partial charge is 0.137 e. The summed E-state index contributed by atoms with van der Waals surface area (Å²) in [5.41, 5.74) is 12.4. The van der Waals surface area contributed by atoms with Crippen LogP contribution in [0.2, 0.25) is 0 Å². The lowest BCUT2D eigenvalue weighted by Crippen LogP contribution is -2.06. The SMILES string of the molecule is CC1CC=Cc2c1n(-c1ccc(-c3ccc(-n4c5ccccc5c5ccc6oc7ccccc7c6c54)c(C#N)c3)cc1)c1ccccc21. The van der Waals surface area contributed by atoms with Gasteiger partial charge in [0.25, 0.3) is 0 Å². The van der Waals surface area contributed by atoms with Crippen molar-refractivity contribution in [3.8, 4) is 28.6 Å². The third kappa shape index (κ3) is 3.70. The first kappa shape index (κ1) is 26.9. The standard InChI is InChI=1S/C44H29N3O/c1-27-9-8-13-34-32-10-2-5-14-38(32)46(43(27)34)31-20-17-28(18-21-31)29-19-23-37(30(25-29)26-45)47-39-15-6-3-11-33(39)35-22-24-41-42(44(35)47)36-12-4-7-16-40(36)48-41/h2-8,10-25,27H,9H2,1H3. The predicted molar refractivity (Wildman–Crippen MR) is 197 cm³/mol. The highest BCUT2D eigenvalue weighted by Crippen LogP contribution is 2.42. The molecule has 1 aliphatic rings. The Kier molecular flexibility index (Phi) is 5.65. The molecule has 3 heterocycles. The third-order valence-electron chi connectivity index (χ3n) is 10.2. The van der Waals surface area contributed by atoms with Crippen LogP contribution in [0.25, 0.3) is 83.2 Å². The molecule has 0 spiro atoms. The maximum Gasteiger partial charge on any atom is 0.137 e. The van der Waals surface area contributed by atoms with Crippen LogP contribution < -0.4 is 0 Å². The first-order valence-electron chi connectivity index (χ1n) is 16.5. The van der Waals surface area contributed by atoms with E-state index in [0.29, 0.717) is 11.5 Å². The summed E-state index contributed by atoms with van der Waals surface area (Å²) in [6, 6.07) is 47.1. The van der Waals surface area contributed by atoms with Crippen molar-refractivity contribution >= 4 is 60.7 Å². The van der Waals surface area contributed by atoms with E-state index < -0.39 is 0 Å². The second-order valence-electron chi connectivity index (χ2n) is 12.9. The van der Waals surface area contributed by atoms with Crippen molar-refractivity contribution in [2.75, 3.05) is 0 Å². The molecule has 0 fully saturated rings. The molecule has 6 aromatic carbocycles. The summed E-state index contributed by atoms with van der Waals surface area (Å²) in [6.07, 6.45) is 5.62. The number of hydrogen-bond donors (Lipinski definition) is 0. The van der Waals surface area contributed by atoms with Crippen molar-refractivity contribution in [2.24, 2.45) is 0 Å². The van der Waals surface area contributed by atoms with Gasteiger partial charge in [-0.05, 0) is 72.1 Å². The van der Waals surface area contributed by atoms with Crippen LogP contribution in [-0.4, -0.2) is 9.13 Å². The molecule has 3 aromatic heterocycles. The van der Waals surface area contributed by atoms with Crippen molar-refractivity contribution in [2.45, 2.75) is 19.3 Å². The molecule has 4 heteroatoms. The average molecular weight is 616 g/mol. The highest BCUT2D eigenvalue weighted by molar-refractivity contribution is 6.24. The maximum absolute atomic E-state index is 10.6. The molecule has 0 amide bonds. The topological polar surface area (TPSA) is 46.8 Å². The molecule has 1 aliphatic carbocycles. The third-order valence-corrected chi connectivity index (χ3v) is 10.2. The summed E-state index contributed by atoms with van der Waals surface area (Å²) in [4.78, 5) is 0. The van der Waals surface area contributed by atoms with Gasteiger partial charge in [0.05, 0.1) is 33.2 Å². The van der Waals surface area contributed by atoms with E-state index in [9.17, 15) is 5.26 Å². The number of allylic oxidation sites excluding steroid dienone is 1. The van der Waals surface area contributed by atoms with Gasteiger partial charge in [0.2, 0.25) is 0 Å². The molecule has 0 radical (unpaired) electrons. The molecule has 0 N–H and O–H groups in total. The first-order chi connectivity index (χ1) is 23.7. The predicted octanol–water partition coefficient (Wildman–Crippen LogP) is 11.7. The van der Waals surface area contributed by atoms with Crippen LogP contribution in [0.5, 0.6) is 0 Å². The Morgan fingerprint density at radius 3 is 2.19 bits per heavy atom. The molecule has 9 aromatic rings. The summed E-state index contributed by atoms with van der Waals surface area (Å²) in [6.45, 7) is 2.31. The van der Waals surface area contributed by atoms with Crippen LogP contribution >= 0.6 is 0 Å². The molecule has 0 bridgehead atoms. The largest absolute Gasteiger partial charge is 0.456 e. The molecule has 0 saturated carbocycles. The normalized spacial score (nSPS) is 14.4. The summed E-state index contributed by atoms with van der Waals surface area (Å²) in [5, 5.41) is 16.3. The minimum atomic E-state index is 0.435. The fourth-order valence-electron chi connectivity index (χ4n) is 8.04. The van der Waals surface area contributed by atoms with Crippen LogP contribution in [0.4, 0.5) is 0 Å². The van der Waals surface area contributed by atoms with E-state index >= 15 is 0 Å². The van der Waals surface area contributed by atoms with Crippen LogP contribution in [0, 0.1) is 11.3 Å². The van der Waals surface area contributed by atoms with Crippen LogP contribution in [0.3, 0.4) is 0 Å². The van der Waals surface area contributed by atoms with E-state index in [1.54, 1.807) is 0 Å². The van der Waals surface area contributed by atoms with E-state index in [-0.39, 0.29) is 0 Å². The fourth-order valence-corrected chi connectivity index (χ4v) is 8.04. The second-order valence-corrected chi connectivity index (χ2v) is 12.9. The summed E-state index contributed by atoms with van der Waals surface area (Å²) >= 11 is 0. The Bertz CT molecular complexity index is 2830. The zero-order chi connectivity index (χ0) is 31.9. The Labute approximate surface area is 277 Å². The van der Waals surface area contributed by atoms with Crippen molar-refractivity contribution in [1.29, 1.82) is 5.26 Å². The quantitative estimate of drug-likeness (QED) is 0.198. The highest BCUT2D eigenvalue weighted by atomic mass is 16.3. The molecule has 1 atom stereocenters. The molecular weight excluding hydrogens is 587 g/mol. The van der Waals surface area contributed by atoms with Gasteiger partial charge in [-0.2, -0.15) is 5.26 Å². The number of furan rings is 1. The zero-order valence-electron chi connectivity index (χ0n) is 26.3. The lowest BCUT2D eigenvalue weighted by atomic mass is 9.93. The van der Waals surface area contributed by atoms with Gasteiger partial charge in [-0.1, -0.05) is 91.9 Å². The van der Waals surface area contributed by atoms with Gasteiger partial charge in [-0.25, -0.2) is 0 Å². The van der Waals surface area contributed by atoms with Crippen molar-refractivity contribution in [3.05, 3.63) is 150 Å². The van der Waals surface area contributed by atoms with E-state index in [1.807, 2.05) is 18.2 Å². The van der Waals surface area contributed by atoms with Gasteiger partial charge in [0, 0.05) is 44.4 Å². The molecule has 0 saturated heterocycles. The van der Waals surface area contributed by atoms with Gasteiger partial charge in [0.1, 0.15) is 17.2 Å². The molecule has 226 valence electrons. The summed E-state index contributed by atoms with van der Waals surface area (Å²) < 4.78 is 11.0. The summed E-state index contributed by atoms with van der Waals surface area (Å²) in [7, 11) is 0. The molecule has 1 unspecified atom stereocenters. The number of rotatable bonds is 3. The Morgan fingerprint density at radius 1 is 0.667 bits per heavy atom. The van der Waals surface area contributed by atoms with E-state index in [4.69, 9.17) is 4.42 Å². The van der Waals surface area contributed by atoms with E-state index in [0.717, 1.165) is 72.7 Å². The molecule has 10 rings (SSSR count). The van der Waals surface area contributed by atoms with Gasteiger partial charge >= 0.3 is 0 Å². The van der Waals surface area contributed by atoms with Crippen LogP contribution in [0.15, 0.2) is 138 Å². The second kappa shape index (κ2) is 10.1. The lowest BCUT2D eigenvalue weighted by Gasteiger charge is -2.19. The first-order valence-corrected chi connectivity index (χ1v) is 16.5. The van der Waals surface area contributed by atoms with Gasteiger partial charge < -0.3 is 13.6 Å². The Hall–Kier alpha value is -6.31. The van der Waals surface area contributed by atoms with Crippen molar-refractivity contribution in [3.63, 3.8) is 0 Å². The maximum atomic E-state index is 10.6. The Balaban J connectivity index is 1.14. The van der Waals surface area contributed by atoms with E-state index in [1.165, 1.54) is 22.2 Å². The van der Waals surface area contributed by atoms with Gasteiger partial charge in [0.15, 0.2) is 0 Å². The van der Waals surface area contributed by atoms with Crippen LogP contribution in [0.1, 0.15) is 36.1 Å². The zero-order valence-corrected chi connectivity index (χ0v) is 26.3. The number of fused-ring (bicyclic) bond motifs is 10.